The monoisotopic (exact) mass is 426 g/mol. The molecule has 0 unspecified atom stereocenters. The molecule has 0 amide bonds. The van der Waals surface area contributed by atoms with Gasteiger partial charge in [0.25, 0.3) is 15.7 Å². The van der Waals surface area contributed by atoms with Crippen LogP contribution in [0.15, 0.2) is 46.5 Å². The van der Waals surface area contributed by atoms with E-state index in [1.807, 2.05) is 4.89 Å². The Morgan fingerprint density at radius 1 is 1.24 bits per heavy atom. The van der Waals surface area contributed by atoms with E-state index in [1.165, 1.54) is 6.08 Å². The molecule has 1 N–H and O–H groups in total. The van der Waals surface area contributed by atoms with Crippen molar-refractivity contribution in [3.8, 4) is 0 Å². The van der Waals surface area contributed by atoms with Crippen molar-refractivity contribution in [3.05, 3.63) is 51.8 Å². The molecule has 0 spiro atoms. The molecular weight excluding hydrogens is 408 g/mol. The smallest absolute Gasteiger partial charge is 0.328 e. The van der Waals surface area contributed by atoms with Gasteiger partial charge in [-0.15, -0.1) is 5.73 Å². The number of sulfonamides is 1. The van der Waals surface area contributed by atoms with Crippen molar-refractivity contribution in [1.29, 1.82) is 0 Å². The van der Waals surface area contributed by atoms with Crippen LogP contribution in [0.3, 0.4) is 0 Å². The molecule has 0 atom stereocenters. The van der Waals surface area contributed by atoms with Gasteiger partial charge in [0.2, 0.25) is 0 Å². The van der Waals surface area contributed by atoms with Crippen LogP contribution in [0.5, 0.6) is 0 Å². The highest BCUT2D eigenvalue weighted by Crippen LogP contribution is 2.53. The van der Waals surface area contributed by atoms with Gasteiger partial charge in [-0.1, -0.05) is 4.89 Å². The van der Waals surface area contributed by atoms with Gasteiger partial charge in [0, 0.05) is 24.1 Å². The number of hydrogen-bond donors (Lipinski definition) is 1. The highest BCUT2D eigenvalue weighted by Gasteiger charge is 2.64. The first-order valence-corrected chi connectivity index (χ1v) is 9.66. The van der Waals surface area contributed by atoms with Crippen LogP contribution in [-0.4, -0.2) is 46.1 Å². The van der Waals surface area contributed by atoms with Crippen LogP contribution < -0.4 is 4.89 Å². The maximum absolute atomic E-state index is 12.0. The zero-order valence-electron chi connectivity index (χ0n) is 15.5. The van der Waals surface area contributed by atoms with Gasteiger partial charge in [-0.05, 0) is 24.6 Å². The predicted molar refractivity (Wildman–Crippen MR) is 96.7 cm³/mol. The van der Waals surface area contributed by atoms with Crippen LogP contribution in [0.2, 0.25) is 0 Å². The molecule has 1 aromatic rings. The summed E-state index contributed by atoms with van der Waals surface area (Å²) in [4.78, 5) is 40.2. The van der Waals surface area contributed by atoms with Crippen molar-refractivity contribution in [1.82, 2.24) is 4.89 Å². The Morgan fingerprint density at radius 3 is 2.34 bits per heavy atom. The largest absolute Gasteiger partial charge is 0.468 e. The summed E-state index contributed by atoms with van der Waals surface area (Å²) in [6, 6.07) is 4.29. The highest BCUT2D eigenvalue weighted by molar-refractivity contribution is 7.89. The number of methoxy groups -OCH3 is 2. The summed E-state index contributed by atoms with van der Waals surface area (Å²) in [5, 5.41) is 10.6. The first-order chi connectivity index (χ1) is 13.7. The van der Waals surface area contributed by atoms with Crippen LogP contribution in [0.25, 0.3) is 0 Å². The molecule has 11 nitrogen and oxygen atoms in total. The lowest BCUT2D eigenvalue weighted by Gasteiger charge is -2.08. The number of nitro groups is 1. The van der Waals surface area contributed by atoms with Gasteiger partial charge in [-0.2, -0.15) is 0 Å². The van der Waals surface area contributed by atoms with E-state index in [1.54, 1.807) is 0 Å². The molecular formula is C17H18N2O9S. The van der Waals surface area contributed by atoms with Gasteiger partial charge < -0.3 is 9.47 Å². The number of rotatable bonds is 9. The lowest BCUT2D eigenvalue weighted by atomic mass is 10.1. The molecule has 0 heterocycles. The zero-order chi connectivity index (χ0) is 21.7. The van der Waals surface area contributed by atoms with E-state index in [-0.39, 0.29) is 30.0 Å². The third-order valence-corrected chi connectivity index (χ3v) is 5.30. The molecule has 1 saturated carbocycles. The second-order valence-electron chi connectivity index (χ2n) is 5.87. The summed E-state index contributed by atoms with van der Waals surface area (Å²) in [5.74, 6) is -1.46. The summed E-state index contributed by atoms with van der Waals surface area (Å²) in [6.07, 6.45) is 1.85. The van der Waals surface area contributed by atoms with Crippen molar-refractivity contribution < 1.29 is 37.2 Å². The number of ether oxygens (including phenoxy) is 2. The highest BCUT2D eigenvalue weighted by atomic mass is 32.2. The predicted octanol–water partition coefficient (Wildman–Crippen LogP) is 1.01. The minimum absolute atomic E-state index is 0.0596. The Hall–Kier alpha value is -3.05. The van der Waals surface area contributed by atoms with E-state index < -0.39 is 32.3 Å². The van der Waals surface area contributed by atoms with Gasteiger partial charge in [0.15, 0.2) is 5.41 Å². The summed E-state index contributed by atoms with van der Waals surface area (Å²) in [5.41, 5.74) is 1.50. The van der Waals surface area contributed by atoms with Crippen molar-refractivity contribution in [3.63, 3.8) is 0 Å². The minimum Gasteiger partial charge on any atom is -0.468 e. The minimum atomic E-state index is -4.00. The first kappa shape index (κ1) is 22.2. The van der Waals surface area contributed by atoms with E-state index >= 15 is 0 Å². The molecule has 0 radical (unpaired) electrons. The normalized spacial score (nSPS) is 14.5. The molecule has 0 aliphatic heterocycles. The second kappa shape index (κ2) is 8.97. The Kier molecular flexibility index (Phi) is 6.88. The Morgan fingerprint density at radius 2 is 1.83 bits per heavy atom. The Labute approximate surface area is 166 Å². The molecule has 2 rings (SSSR count). The second-order valence-corrected chi connectivity index (χ2v) is 7.51. The lowest BCUT2D eigenvalue weighted by Crippen LogP contribution is -2.28. The third kappa shape index (κ3) is 4.87. The Balaban J connectivity index is 1.89. The number of nitrogens with one attached hydrogen (secondary N) is 1. The summed E-state index contributed by atoms with van der Waals surface area (Å²) in [6.45, 7) is -0.0596. The molecule has 1 aliphatic rings. The standard InChI is InChI=1S/C17H18N2O9S/c1-26-15(20)17(16(21)27-2)11-12(17)5-3-4-10-28-18-29(24,25)14-8-6-13(7-9-14)19(22)23/h3,6-9,18H,4,10-11H2,1-2H3. The number of nitrogens with zero attached hydrogens (tertiary/aromatic N) is 1. The van der Waals surface area contributed by atoms with Gasteiger partial charge in [0.05, 0.1) is 30.6 Å². The van der Waals surface area contributed by atoms with Crippen molar-refractivity contribution in [2.45, 2.75) is 17.7 Å². The van der Waals surface area contributed by atoms with Gasteiger partial charge in [-0.3, -0.25) is 24.5 Å². The number of benzene rings is 1. The number of carbonyl (C=O) groups is 2. The zero-order valence-corrected chi connectivity index (χ0v) is 16.4. The van der Waals surface area contributed by atoms with Gasteiger partial charge in [-0.25, -0.2) is 8.42 Å². The maximum Gasteiger partial charge on any atom is 0.328 e. The number of carbonyl (C=O) groups excluding carboxylic acids is 2. The molecule has 156 valence electrons. The first-order valence-electron chi connectivity index (χ1n) is 8.18. The molecule has 1 fully saturated rings. The third-order valence-electron chi connectivity index (χ3n) is 4.07. The lowest BCUT2D eigenvalue weighted by molar-refractivity contribution is -0.384. The van der Waals surface area contributed by atoms with Crippen molar-refractivity contribution in [2.75, 3.05) is 20.8 Å². The van der Waals surface area contributed by atoms with Crippen LogP contribution in [0.4, 0.5) is 5.69 Å². The van der Waals surface area contributed by atoms with Crippen molar-refractivity contribution in [2.24, 2.45) is 5.41 Å². The van der Waals surface area contributed by atoms with Gasteiger partial charge >= 0.3 is 11.9 Å². The fourth-order valence-corrected chi connectivity index (χ4v) is 3.27. The SMILES string of the molecule is COC(=O)C1(C(=O)OC)CC1=C=CCCONS(=O)(=O)c1ccc([N+](=O)[O-])cc1. The van der Waals surface area contributed by atoms with Crippen LogP contribution in [0, 0.1) is 15.5 Å². The molecule has 29 heavy (non-hydrogen) atoms. The molecule has 1 aromatic carbocycles. The summed E-state index contributed by atoms with van der Waals surface area (Å²) < 4.78 is 33.3. The van der Waals surface area contributed by atoms with Crippen LogP contribution >= 0.6 is 0 Å². The fourth-order valence-electron chi connectivity index (χ4n) is 2.45. The molecule has 0 saturated heterocycles. The number of hydrogen-bond acceptors (Lipinski definition) is 9. The average molecular weight is 426 g/mol. The van der Waals surface area contributed by atoms with Gasteiger partial charge in [0.1, 0.15) is 0 Å². The van der Waals surface area contributed by atoms with E-state index in [2.05, 4.69) is 15.2 Å². The average Bonchev–Trinajstić information content (AvgIpc) is 3.44. The summed E-state index contributed by atoms with van der Waals surface area (Å²) >= 11 is 0. The van der Waals surface area contributed by atoms with E-state index in [0.29, 0.717) is 5.57 Å². The van der Waals surface area contributed by atoms with E-state index in [9.17, 15) is 28.1 Å². The molecule has 0 bridgehead atoms. The molecule has 1 aliphatic carbocycles. The number of nitro benzene ring substituents is 1. The number of non-ortho nitro benzene ring substituents is 1. The summed E-state index contributed by atoms with van der Waals surface area (Å²) in [7, 11) is -1.67. The fraction of sp³-hybridized carbons (Fsp3) is 0.353. The molecule has 0 aromatic heterocycles. The quantitative estimate of drug-likeness (QED) is 0.152. The molecule has 12 heteroatoms. The van der Waals surface area contributed by atoms with Crippen molar-refractivity contribution >= 4 is 27.6 Å². The van der Waals surface area contributed by atoms with E-state index in [4.69, 9.17) is 4.84 Å². The maximum atomic E-state index is 12.0. The van der Waals surface area contributed by atoms with E-state index in [0.717, 1.165) is 38.5 Å². The van der Waals surface area contributed by atoms with Crippen LogP contribution in [0.1, 0.15) is 12.8 Å². The Bertz CT molecular complexity index is 961. The topological polar surface area (TPSA) is 151 Å². The number of esters is 2. The van der Waals surface area contributed by atoms with Crippen LogP contribution in [-0.2, 0) is 33.9 Å².